The molecule has 0 aliphatic carbocycles. The summed E-state index contributed by atoms with van der Waals surface area (Å²) in [5, 5.41) is 16.3. The van der Waals surface area contributed by atoms with Crippen LogP contribution in [0.5, 0.6) is 5.75 Å². The molecule has 0 saturated carbocycles. The summed E-state index contributed by atoms with van der Waals surface area (Å²) >= 11 is 0. The van der Waals surface area contributed by atoms with Crippen molar-refractivity contribution in [1.29, 1.82) is 5.26 Å². The van der Waals surface area contributed by atoms with E-state index in [2.05, 4.69) is 100 Å². The van der Waals surface area contributed by atoms with E-state index >= 15 is 0 Å². The van der Waals surface area contributed by atoms with E-state index in [0.29, 0.717) is 35.5 Å². The molecule has 0 spiro atoms. The number of rotatable bonds is 18. The molecule has 1 aliphatic heterocycles. The number of hydrogen-bond donors (Lipinski definition) is 2. The highest BCUT2D eigenvalue weighted by atomic mass is 31.2. The number of aromatic nitrogens is 4. The maximum absolute atomic E-state index is 13.2. The van der Waals surface area contributed by atoms with E-state index in [0.717, 1.165) is 22.4 Å². The summed E-state index contributed by atoms with van der Waals surface area (Å²) in [6, 6.07) is 40.3. The quantitative estimate of drug-likeness (QED) is 0.0488. The molecule has 0 bridgehead atoms. The standard InChI is InChI=1S/C46H51N8O5P/c1-32(2)54(33(3)4)60(57-27-15-26-47)59-39-28-41(53-31-50-42-43(48-30-49-44(42)53)52-45(55)34-16-9-6-10-17-34)58-40(39)29-51-46(35-18-11-7-12-19-35,36-20-13-8-14-21-36)37-22-24-38(56-5)25-23-37/h6-14,16-25,30-33,39-41,51H,15,27-29H2,1-5H3,(H,48,49,52,55)/t39-,40+,41+,60?/m0/s1. The molecule has 7 rings (SSSR count). The zero-order chi connectivity index (χ0) is 42.1. The third-order valence-corrected chi connectivity index (χ3v) is 12.7. The Morgan fingerprint density at radius 2 is 1.52 bits per heavy atom. The molecule has 4 atom stereocenters. The number of fused-ring (bicyclic) bond motifs is 1. The number of carbonyl (C=O) groups excluding carboxylic acids is 1. The van der Waals surface area contributed by atoms with Crippen molar-refractivity contribution in [3.05, 3.63) is 150 Å². The van der Waals surface area contributed by atoms with E-state index < -0.39 is 32.5 Å². The van der Waals surface area contributed by atoms with Gasteiger partial charge in [0, 0.05) is 30.6 Å². The summed E-state index contributed by atoms with van der Waals surface area (Å²) < 4.78 is 30.2. The number of nitrogens with zero attached hydrogens (tertiary/aromatic N) is 6. The number of ether oxygens (including phenoxy) is 2. The second-order valence-electron chi connectivity index (χ2n) is 15.0. The van der Waals surface area contributed by atoms with Crippen LogP contribution in [0.1, 0.15) is 73.8 Å². The summed E-state index contributed by atoms with van der Waals surface area (Å²) in [6.45, 7) is 9.08. The lowest BCUT2D eigenvalue weighted by atomic mass is 9.77. The molecule has 1 fully saturated rings. The first-order chi connectivity index (χ1) is 29.2. The van der Waals surface area contributed by atoms with Gasteiger partial charge in [0.05, 0.1) is 50.3 Å². The summed E-state index contributed by atoms with van der Waals surface area (Å²) in [5.74, 6) is 0.752. The zero-order valence-electron chi connectivity index (χ0n) is 34.5. The number of nitriles is 1. The topological polar surface area (TPSA) is 149 Å². The van der Waals surface area contributed by atoms with Crippen LogP contribution in [0.3, 0.4) is 0 Å². The fourth-order valence-corrected chi connectivity index (χ4v) is 9.53. The van der Waals surface area contributed by atoms with Crippen molar-refractivity contribution in [2.75, 3.05) is 25.6 Å². The van der Waals surface area contributed by atoms with E-state index in [1.165, 1.54) is 6.33 Å². The Kier molecular flexibility index (Phi) is 13.9. The number of benzene rings is 4. The van der Waals surface area contributed by atoms with Gasteiger partial charge in [0.1, 0.15) is 18.3 Å². The van der Waals surface area contributed by atoms with E-state index in [1.807, 2.05) is 71.3 Å². The number of imidazole rings is 1. The molecule has 310 valence electrons. The minimum absolute atomic E-state index is 0.102. The number of carbonyl (C=O) groups is 1. The largest absolute Gasteiger partial charge is 0.497 e. The maximum Gasteiger partial charge on any atom is 0.259 e. The Bertz CT molecular complexity index is 2290. The first-order valence-corrected chi connectivity index (χ1v) is 21.3. The molecule has 2 N–H and O–H groups in total. The third-order valence-electron chi connectivity index (χ3n) is 10.5. The van der Waals surface area contributed by atoms with Crippen molar-refractivity contribution in [1.82, 2.24) is 29.5 Å². The van der Waals surface area contributed by atoms with Gasteiger partial charge in [-0.15, -0.1) is 0 Å². The summed E-state index contributed by atoms with van der Waals surface area (Å²) in [6.07, 6.45) is 2.25. The molecule has 60 heavy (non-hydrogen) atoms. The van der Waals surface area contributed by atoms with Crippen molar-refractivity contribution < 1.29 is 23.3 Å². The van der Waals surface area contributed by atoms with Crippen LogP contribution in [0, 0.1) is 11.3 Å². The maximum atomic E-state index is 13.2. The second-order valence-corrected chi connectivity index (χ2v) is 16.4. The Morgan fingerprint density at radius 1 is 0.900 bits per heavy atom. The van der Waals surface area contributed by atoms with Crippen LogP contribution in [0.25, 0.3) is 11.2 Å². The van der Waals surface area contributed by atoms with Gasteiger partial charge >= 0.3 is 0 Å². The molecular formula is C46H51N8O5P. The molecule has 6 aromatic rings. The fourth-order valence-electron chi connectivity index (χ4n) is 7.78. The molecule has 14 heteroatoms. The molecular weight excluding hydrogens is 776 g/mol. The monoisotopic (exact) mass is 826 g/mol. The van der Waals surface area contributed by atoms with Crippen molar-refractivity contribution >= 4 is 31.4 Å². The third kappa shape index (κ3) is 9.25. The highest BCUT2D eigenvalue weighted by Gasteiger charge is 2.44. The Hall–Kier alpha value is -5.58. The van der Waals surface area contributed by atoms with E-state index in [4.69, 9.17) is 18.5 Å². The average Bonchev–Trinajstić information content (AvgIpc) is 3.89. The van der Waals surface area contributed by atoms with Crippen molar-refractivity contribution in [3.63, 3.8) is 0 Å². The number of anilines is 1. The van der Waals surface area contributed by atoms with Crippen LogP contribution in [0.4, 0.5) is 5.82 Å². The Morgan fingerprint density at radius 3 is 2.12 bits per heavy atom. The predicted octanol–water partition coefficient (Wildman–Crippen LogP) is 8.62. The number of methoxy groups -OCH3 is 1. The van der Waals surface area contributed by atoms with Crippen LogP contribution in [0.15, 0.2) is 128 Å². The Labute approximate surface area is 352 Å². The lowest BCUT2D eigenvalue weighted by molar-refractivity contribution is -0.0161. The van der Waals surface area contributed by atoms with Gasteiger partial charge in [-0.2, -0.15) is 5.26 Å². The van der Waals surface area contributed by atoms with Crippen molar-refractivity contribution in [3.8, 4) is 11.8 Å². The molecule has 3 heterocycles. The van der Waals surface area contributed by atoms with Gasteiger partial charge in [-0.25, -0.2) is 19.6 Å². The number of amides is 1. The fraction of sp³-hybridized carbons (Fsp3) is 0.326. The average molecular weight is 827 g/mol. The SMILES string of the molecule is COc1ccc(C(NC[C@H]2O[C@@H](n3cnc4c(NC(=O)c5ccccc5)ncnc43)C[C@@H]2OP(OCCC#N)N(C(C)C)C(C)C)(c2ccccc2)c2ccccc2)cc1. The molecule has 1 unspecified atom stereocenters. The molecule has 2 aromatic heterocycles. The number of nitrogens with one attached hydrogen (secondary N) is 2. The predicted molar refractivity (Wildman–Crippen MR) is 232 cm³/mol. The summed E-state index contributed by atoms with van der Waals surface area (Å²) in [4.78, 5) is 26.8. The minimum Gasteiger partial charge on any atom is -0.497 e. The molecule has 13 nitrogen and oxygen atoms in total. The number of hydrogen-bond acceptors (Lipinski definition) is 11. The molecule has 1 aliphatic rings. The van der Waals surface area contributed by atoms with Crippen LogP contribution in [-0.2, 0) is 19.3 Å². The lowest BCUT2D eigenvalue weighted by Crippen LogP contribution is -2.49. The highest BCUT2D eigenvalue weighted by molar-refractivity contribution is 7.44. The van der Waals surface area contributed by atoms with Gasteiger partial charge < -0.3 is 23.8 Å². The van der Waals surface area contributed by atoms with Gasteiger partial charge in [-0.3, -0.25) is 14.7 Å². The van der Waals surface area contributed by atoms with Gasteiger partial charge in [-0.05, 0) is 68.7 Å². The minimum atomic E-state index is -1.61. The van der Waals surface area contributed by atoms with E-state index in [1.54, 1.807) is 25.6 Å². The first kappa shape index (κ1) is 42.5. The summed E-state index contributed by atoms with van der Waals surface area (Å²) in [7, 11) is 0.0511. The highest BCUT2D eigenvalue weighted by Crippen LogP contribution is 2.50. The van der Waals surface area contributed by atoms with Crippen molar-refractivity contribution in [2.45, 2.75) is 76.6 Å². The Balaban J connectivity index is 1.27. The molecule has 1 saturated heterocycles. The van der Waals surface area contributed by atoms with Gasteiger partial charge in [0.25, 0.3) is 14.4 Å². The van der Waals surface area contributed by atoms with Gasteiger partial charge in [0.15, 0.2) is 17.0 Å². The molecule has 0 radical (unpaired) electrons. The van der Waals surface area contributed by atoms with Crippen LogP contribution >= 0.6 is 8.53 Å². The lowest BCUT2D eigenvalue weighted by Gasteiger charge is -2.39. The molecule has 1 amide bonds. The van der Waals surface area contributed by atoms with E-state index in [9.17, 15) is 10.1 Å². The summed E-state index contributed by atoms with van der Waals surface area (Å²) in [5.41, 5.74) is 3.74. The van der Waals surface area contributed by atoms with Crippen LogP contribution < -0.4 is 15.4 Å². The van der Waals surface area contributed by atoms with Crippen LogP contribution in [-0.4, -0.2) is 74.6 Å². The van der Waals surface area contributed by atoms with Gasteiger partial charge in [-0.1, -0.05) is 91.0 Å². The van der Waals surface area contributed by atoms with Crippen LogP contribution in [0.2, 0.25) is 0 Å². The smallest absolute Gasteiger partial charge is 0.259 e. The van der Waals surface area contributed by atoms with E-state index in [-0.39, 0.29) is 31.0 Å². The second kappa shape index (κ2) is 19.7. The zero-order valence-corrected chi connectivity index (χ0v) is 35.4. The van der Waals surface area contributed by atoms with Crippen molar-refractivity contribution in [2.24, 2.45) is 0 Å². The molecule has 4 aromatic carbocycles. The first-order valence-electron chi connectivity index (χ1n) is 20.2. The van der Waals surface area contributed by atoms with Gasteiger partial charge in [0.2, 0.25) is 0 Å². The normalized spacial score (nSPS) is 17.3.